The lowest BCUT2D eigenvalue weighted by Gasteiger charge is -2.22. The minimum absolute atomic E-state index is 0.00553. The Kier molecular flexibility index (Phi) is 9.90. The number of nitrogens with one attached hydrogen (secondary N) is 2. The molecule has 0 fully saturated rings. The van der Waals surface area contributed by atoms with Crippen LogP contribution in [0.2, 0.25) is 15.1 Å². The lowest BCUT2D eigenvalue weighted by atomic mass is 10.0. The van der Waals surface area contributed by atoms with E-state index in [1.165, 1.54) is 24.9 Å². The van der Waals surface area contributed by atoms with Crippen LogP contribution in [0.25, 0.3) is 0 Å². The molecule has 192 valence electrons. The Bertz CT molecular complexity index is 1250. The van der Waals surface area contributed by atoms with Gasteiger partial charge in [0.25, 0.3) is 5.91 Å². The first-order chi connectivity index (χ1) is 17.1. The highest BCUT2D eigenvalue weighted by Gasteiger charge is 2.27. The lowest BCUT2D eigenvalue weighted by molar-refractivity contribution is -0.113. The van der Waals surface area contributed by atoms with Crippen LogP contribution < -0.4 is 15.4 Å². The lowest BCUT2D eigenvalue weighted by Crippen LogP contribution is -2.34. The van der Waals surface area contributed by atoms with Gasteiger partial charge in [0.05, 0.1) is 35.2 Å². The van der Waals surface area contributed by atoms with Crippen molar-refractivity contribution in [3.8, 4) is 5.75 Å². The molecular formula is C24H26Cl3N5O3S. The molecule has 36 heavy (non-hydrogen) atoms. The van der Waals surface area contributed by atoms with Gasteiger partial charge in [-0.15, -0.1) is 10.2 Å². The average Bonchev–Trinajstić information content (AvgIpc) is 3.23. The molecule has 0 spiro atoms. The SMILES string of the molecule is CCn1c(SCC(=O)Nc2cc(Cl)ccc2OC)nnc1[C@H](NC(=O)c1ccc(Cl)cc1Cl)C(C)C. The molecule has 0 aliphatic heterocycles. The van der Waals surface area contributed by atoms with Crippen LogP contribution >= 0.6 is 46.6 Å². The van der Waals surface area contributed by atoms with Crippen LogP contribution in [0.15, 0.2) is 41.6 Å². The molecule has 0 saturated carbocycles. The van der Waals surface area contributed by atoms with Gasteiger partial charge >= 0.3 is 0 Å². The molecule has 0 radical (unpaired) electrons. The topological polar surface area (TPSA) is 98.1 Å². The van der Waals surface area contributed by atoms with Crippen LogP contribution in [0.4, 0.5) is 5.69 Å². The van der Waals surface area contributed by atoms with Gasteiger partial charge in [0, 0.05) is 16.6 Å². The maximum Gasteiger partial charge on any atom is 0.253 e. The van der Waals surface area contributed by atoms with E-state index in [0.717, 1.165) is 0 Å². The predicted molar refractivity (Wildman–Crippen MR) is 145 cm³/mol. The Hall–Kier alpha value is -2.46. The minimum atomic E-state index is -0.435. The van der Waals surface area contributed by atoms with Crippen molar-refractivity contribution >= 4 is 64.1 Å². The molecule has 3 aromatic rings. The second kappa shape index (κ2) is 12.7. The Balaban J connectivity index is 1.74. The van der Waals surface area contributed by atoms with Crippen molar-refractivity contribution in [3.63, 3.8) is 0 Å². The number of nitrogens with zero attached hydrogens (tertiary/aromatic N) is 3. The molecule has 0 unspecified atom stereocenters. The highest BCUT2D eigenvalue weighted by atomic mass is 35.5. The molecule has 12 heteroatoms. The molecule has 2 aromatic carbocycles. The third kappa shape index (κ3) is 6.85. The van der Waals surface area contributed by atoms with Gasteiger partial charge in [-0.3, -0.25) is 9.59 Å². The van der Waals surface area contributed by atoms with Crippen molar-refractivity contribution in [1.29, 1.82) is 0 Å². The Morgan fingerprint density at radius 2 is 1.78 bits per heavy atom. The molecule has 0 aliphatic rings. The standard InChI is InChI=1S/C24H26Cl3N5O3S/c1-5-32-22(21(13(2)3)29-23(34)16-8-6-14(25)10-17(16)27)30-31-24(32)36-12-20(33)28-18-11-15(26)7-9-19(18)35-4/h6-11,13,21H,5,12H2,1-4H3,(H,28,33)(H,29,34)/t21-/m1/s1. The second-order valence-corrected chi connectivity index (χ2v) is 10.3. The third-order valence-electron chi connectivity index (χ3n) is 5.24. The van der Waals surface area contributed by atoms with Crippen LogP contribution in [-0.2, 0) is 11.3 Å². The number of thioether (sulfide) groups is 1. The van der Waals surface area contributed by atoms with E-state index in [-0.39, 0.29) is 28.5 Å². The molecule has 0 saturated heterocycles. The van der Waals surface area contributed by atoms with Crippen LogP contribution in [0.5, 0.6) is 5.75 Å². The number of methoxy groups -OCH3 is 1. The zero-order valence-electron chi connectivity index (χ0n) is 20.1. The average molecular weight is 571 g/mol. The highest BCUT2D eigenvalue weighted by molar-refractivity contribution is 7.99. The first-order valence-corrected chi connectivity index (χ1v) is 13.2. The summed E-state index contributed by atoms with van der Waals surface area (Å²) < 4.78 is 7.15. The highest BCUT2D eigenvalue weighted by Crippen LogP contribution is 2.29. The molecule has 0 aliphatic carbocycles. The minimum Gasteiger partial charge on any atom is -0.495 e. The number of benzene rings is 2. The molecular weight excluding hydrogens is 545 g/mol. The molecule has 1 aromatic heterocycles. The Morgan fingerprint density at radius 1 is 1.08 bits per heavy atom. The maximum atomic E-state index is 13.0. The number of carbonyl (C=O) groups is 2. The molecule has 0 bridgehead atoms. The quantitative estimate of drug-likeness (QED) is 0.285. The summed E-state index contributed by atoms with van der Waals surface area (Å²) in [6, 6.07) is 9.27. The van der Waals surface area contributed by atoms with Gasteiger partial charge in [-0.1, -0.05) is 60.4 Å². The number of hydrogen-bond acceptors (Lipinski definition) is 6. The number of ether oxygens (including phenoxy) is 1. The van der Waals surface area contributed by atoms with Crippen LogP contribution in [-0.4, -0.2) is 39.4 Å². The van der Waals surface area contributed by atoms with E-state index in [0.29, 0.717) is 44.6 Å². The molecule has 3 rings (SSSR count). The largest absolute Gasteiger partial charge is 0.495 e. The summed E-state index contributed by atoms with van der Waals surface area (Å²) in [6.07, 6.45) is 0. The summed E-state index contributed by atoms with van der Waals surface area (Å²) in [5, 5.41) is 16.2. The number of anilines is 1. The van der Waals surface area contributed by atoms with Gasteiger partial charge in [0.1, 0.15) is 5.75 Å². The van der Waals surface area contributed by atoms with Gasteiger partial charge < -0.3 is 19.9 Å². The van der Waals surface area contributed by atoms with Crippen molar-refractivity contribution in [2.45, 2.75) is 38.5 Å². The number of rotatable bonds is 10. The van der Waals surface area contributed by atoms with Crippen LogP contribution in [0, 0.1) is 5.92 Å². The Labute approximate surface area is 229 Å². The van der Waals surface area contributed by atoms with E-state index in [1.807, 2.05) is 25.3 Å². The monoisotopic (exact) mass is 569 g/mol. The molecule has 1 heterocycles. The Morgan fingerprint density at radius 3 is 2.42 bits per heavy atom. The fourth-order valence-electron chi connectivity index (χ4n) is 3.45. The summed E-state index contributed by atoms with van der Waals surface area (Å²) >= 11 is 19.5. The molecule has 1 atom stereocenters. The van der Waals surface area contributed by atoms with Crippen molar-refractivity contribution in [3.05, 3.63) is 62.9 Å². The molecule has 2 amide bonds. The zero-order valence-corrected chi connectivity index (χ0v) is 23.2. The van der Waals surface area contributed by atoms with E-state index in [1.54, 1.807) is 30.3 Å². The summed E-state index contributed by atoms with van der Waals surface area (Å²) in [6.45, 7) is 6.45. The van der Waals surface area contributed by atoms with E-state index >= 15 is 0 Å². The number of aromatic nitrogens is 3. The smallest absolute Gasteiger partial charge is 0.253 e. The molecule has 8 nitrogen and oxygen atoms in total. The number of amides is 2. The summed E-state index contributed by atoms with van der Waals surface area (Å²) in [4.78, 5) is 25.6. The second-order valence-electron chi connectivity index (χ2n) is 8.09. The van der Waals surface area contributed by atoms with Gasteiger partial charge in [0.15, 0.2) is 11.0 Å². The number of carbonyl (C=O) groups excluding carboxylic acids is 2. The van der Waals surface area contributed by atoms with Crippen molar-refractivity contribution < 1.29 is 14.3 Å². The summed E-state index contributed by atoms with van der Waals surface area (Å²) in [7, 11) is 1.52. The molecule has 2 N–H and O–H groups in total. The van der Waals surface area contributed by atoms with Crippen molar-refractivity contribution in [2.75, 3.05) is 18.2 Å². The van der Waals surface area contributed by atoms with Gasteiger partial charge in [0.2, 0.25) is 5.91 Å². The zero-order chi connectivity index (χ0) is 26.4. The van der Waals surface area contributed by atoms with E-state index in [2.05, 4.69) is 20.8 Å². The number of hydrogen-bond donors (Lipinski definition) is 2. The summed E-state index contributed by atoms with van der Waals surface area (Å²) in [5.41, 5.74) is 0.800. The fraction of sp³-hybridized carbons (Fsp3) is 0.333. The van der Waals surface area contributed by atoms with Gasteiger partial charge in [-0.25, -0.2) is 0 Å². The fourth-order valence-corrected chi connectivity index (χ4v) is 4.93. The van der Waals surface area contributed by atoms with Crippen LogP contribution in [0.1, 0.15) is 43.0 Å². The normalized spacial score (nSPS) is 11.9. The third-order valence-corrected chi connectivity index (χ3v) is 6.99. The van der Waals surface area contributed by atoms with Crippen molar-refractivity contribution in [1.82, 2.24) is 20.1 Å². The van der Waals surface area contributed by atoms with Gasteiger partial charge in [-0.2, -0.15) is 0 Å². The maximum absolute atomic E-state index is 13.0. The van der Waals surface area contributed by atoms with Gasteiger partial charge in [-0.05, 0) is 49.2 Å². The van der Waals surface area contributed by atoms with E-state index in [9.17, 15) is 9.59 Å². The van der Waals surface area contributed by atoms with E-state index in [4.69, 9.17) is 39.5 Å². The first kappa shape index (κ1) is 28.1. The van der Waals surface area contributed by atoms with E-state index < -0.39 is 6.04 Å². The summed E-state index contributed by atoms with van der Waals surface area (Å²) in [5.74, 6) is 0.598. The van der Waals surface area contributed by atoms with Crippen molar-refractivity contribution in [2.24, 2.45) is 5.92 Å². The van der Waals surface area contributed by atoms with Crippen LogP contribution in [0.3, 0.4) is 0 Å². The predicted octanol–water partition coefficient (Wildman–Crippen LogP) is 6.12. The first-order valence-electron chi connectivity index (χ1n) is 11.1. The number of halogens is 3.